The Morgan fingerprint density at radius 2 is 1.71 bits per heavy atom. The minimum atomic E-state index is -3.62. The Balaban J connectivity index is 1.88. The van der Waals surface area contributed by atoms with Gasteiger partial charge in [0.1, 0.15) is 5.69 Å². The van der Waals surface area contributed by atoms with Gasteiger partial charge < -0.3 is 0 Å². The molecule has 1 aliphatic heterocycles. The molecule has 9 heteroatoms. The number of imide groups is 1. The summed E-state index contributed by atoms with van der Waals surface area (Å²) in [7, 11) is -0.812. The van der Waals surface area contributed by atoms with Gasteiger partial charge in [-0.25, -0.2) is 4.90 Å². The largest absolute Gasteiger partial charge is 0.301 e. The minimum Gasteiger partial charge on any atom is -0.271 e. The fourth-order valence-electron chi connectivity index (χ4n) is 2.22. The highest BCUT2D eigenvalue weighted by molar-refractivity contribution is 7.90. The molecule has 0 atom stereocenters. The van der Waals surface area contributed by atoms with Crippen LogP contribution in [0.3, 0.4) is 0 Å². The number of nitrogens with one attached hydrogen (secondary N) is 1. The van der Waals surface area contributed by atoms with E-state index in [-0.39, 0.29) is 11.3 Å². The van der Waals surface area contributed by atoms with Crippen molar-refractivity contribution in [2.24, 2.45) is 0 Å². The highest BCUT2D eigenvalue weighted by Gasteiger charge is 2.37. The third-order valence-electron chi connectivity index (χ3n) is 3.50. The van der Waals surface area contributed by atoms with Crippen LogP contribution in [0.1, 0.15) is 20.8 Å². The number of rotatable bonds is 4. The number of anilines is 2. The molecule has 1 N–H and O–H groups in total. The summed E-state index contributed by atoms with van der Waals surface area (Å²) in [6.45, 7) is 0. The number of fused-ring (bicyclic) bond motifs is 1. The van der Waals surface area contributed by atoms with E-state index in [1.54, 1.807) is 12.1 Å². The van der Waals surface area contributed by atoms with E-state index in [1.165, 1.54) is 44.6 Å². The predicted octanol–water partition coefficient (Wildman–Crippen LogP) is 1.10. The number of carbonyl (C=O) groups is 2. The van der Waals surface area contributed by atoms with E-state index >= 15 is 0 Å². The van der Waals surface area contributed by atoms with Crippen LogP contribution in [-0.4, -0.2) is 43.6 Å². The summed E-state index contributed by atoms with van der Waals surface area (Å²) in [6, 6.07) is 9.08. The second-order valence-corrected chi connectivity index (χ2v) is 7.17. The molecule has 0 spiro atoms. The van der Waals surface area contributed by atoms with Gasteiger partial charge in [-0.15, -0.1) is 0 Å². The molecule has 0 radical (unpaired) electrons. The number of carbonyl (C=O) groups excluding carboxylic acids is 2. The zero-order valence-electron chi connectivity index (χ0n) is 12.9. The van der Waals surface area contributed by atoms with Crippen molar-refractivity contribution in [2.75, 3.05) is 23.7 Å². The van der Waals surface area contributed by atoms with Gasteiger partial charge >= 0.3 is 10.2 Å². The van der Waals surface area contributed by atoms with Crippen LogP contribution < -0.4 is 9.62 Å². The van der Waals surface area contributed by atoms with Crippen LogP contribution in [0, 0.1) is 0 Å². The smallest absolute Gasteiger partial charge is 0.271 e. The molecule has 2 aromatic rings. The Bertz CT molecular complexity index is 888. The number of pyridine rings is 1. The summed E-state index contributed by atoms with van der Waals surface area (Å²) in [5.74, 6) is -0.957. The van der Waals surface area contributed by atoms with Gasteiger partial charge in [-0.2, -0.15) is 12.7 Å². The SMILES string of the molecule is CN(C)S(=O)(=O)Nc1ccc(N2C(=O)c3cccnc3C2=O)cc1. The highest BCUT2D eigenvalue weighted by atomic mass is 32.2. The molecule has 1 aromatic carbocycles. The van der Waals surface area contributed by atoms with Crippen molar-refractivity contribution in [1.29, 1.82) is 0 Å². The van der Waals surface area contributed by atoms with E-state index in [1.807, 2.05) is 0 Å². The molecule has 0 fully saturated rings. The van der Waals surface area contributed by atoms with Crippen LogP contribution in [0.15, 0.2) is 42.6 Å². The molecule has 124 valence electrons. The van der Waals surface area contributed by atoms with Gasteiger partial charge in [-0.3, -0.25) is 19.3 Å². The van der Waals surface area contributed by atoms with Gasteiger partial charge in [-0.05, 0) is 36.4 Å². The lowest BCUT2D eigenvalue weighted by atomic mass is 10.2. The first-order valence-electron chi connectivity index (χ1n) is 6.95. The topological polar surface area (TPSA) is 99.7 Å². The summed E-state index contributed by atoms with van der Waals surface area (Å²) in [4.78, 5) is 29.7. The lowest BCUT2D eigenvalue weighted by molar-refractivity contribution is 0.0924. The Morgan fingerprint density at radius 1 is 1.04 bits per heavy atom. The van der Waals surface area contributed by atoms with Crippen molar-refractivity contribution in [3.8, 4) is 0 Å². The van der Waals surface area contributed by atoms with Gasteiger partial charge in [0.25, 0.3) is 11.8 Å². The average molecular weight is 346 g/mol. The molecule has 3 rings (SSSR count). The summed E-state index contributed by atoms with van der Waals surface area (Å²) in [5, 5.41) is 0. The number of aromatic nitrogens is 1. The molecule has 0 unspecified atom stereocenters. The van der Waals surface area contributed by atoms with E-state index in [4.69, 9.17) is 0 Å². The van der Waals surface area contributed by atoms with Crippen molar-refractivity contribution in [1.82, 2.24) is 9.29 Å². The second-order valence-electron chi connectivity index (χ2n) is 5.28. The standard InChI is InChI=1S/C15H14N4O4S/c1-18(2)24(22,23)17-10-5-7-11(8-6-10)19-14(20)12-4-3-9-16-13(12)15(19)21/h3-9,17H,1-2H3. The van der Waals surface area contributed by atoms with Gasteiger partial charge in [0.15, 0.2) is 0 Å². The van der Waals surface area contributed by atoms with Crippen molar-refractivity contribution in [2.45, 2.75) is 0 Å². The van der Waals surface area contributed by atoms with Crippen LogP contribution >= 0.6 is 0 Å². The molecule has 1 aromatic heterocycles. The van der Waals surface area contributed by atoms with Crippen LogP contribution in [0.25, 0.3) is 0 Å². The zero-order chi connectivity index (χ0) is 17.5. The summed E-state index contributed by atoms with van der Waals surface area (Å²) < 4.78 is 27.0. The Labute approximate surface area is 138 Å². The van der Waals surface area contributed by atoms with E-state index < -0.39 is 22.0 Å². The molecule has 0 bridgehead atoms. The number of hydrogen-bond acceptors (Lipinski definition) is 5. The summed E-state index contributed by atoms with van der Waals surface area (Å²) in [6.07, 6.45) is 1.45. The molecule has 1 aliphatic rings. The van der Waals surface area contributed by atoms with Crippen LogP contribution in [0.4, 0.5) is 11.4 Å². The molecule has 8 nitrogen and oxygen atoms in total. The number of hydrogen-bond donors (Lipinski definition) is 1. The summed E-state index contributed by atoms with van der Waals surface area (Å²) in [5.41, 5.74) is 1.03. The predicted molar refractivity (Wildman–Crippen MR) is 88.0 cm³/mol. The normalized spacial score (nSPS) is 14.2. The van der Waals surface area contributed by atoms with Gasteiger partial charge in [0, 0.05) is 26.0 Å². The molecule has 24 heavy (non-hydrogen) atoms. The van der Waals surface area contributed by atoms with E-state index in [9.17, 15) is 18.0 Å². The van der Waals surface area contributed by atoms with E-state index in [0.717, 1.165) is 9.21 Å². The number of amides is 2. The van der Waals surface area contributed by atoms with Crippen molar-refractivity contribution < 1.29 is 18.0 Å². The average Bonchev–Trinajstić information content (AvgIpc) is 2.80. The molecule has 0 aliphatic carbocycles. The van der Waals surface area contributed by atoms with Crippen LogP contribution in [0.2, 0.25) is 0 Å². The third kappa shape index (κ3) is 2.63. The lowest BCUT2D eigenvalue weighted by Gasteiger charge is -2.16. The maximum Gasteiger partial charge on any atom is 0.301 e. The second kappa shape index (κ2) is 5.69. The molecule has 2 amide bonds. The molecular weight excluding hydrogens is 332 g/mol. The van der Waals surface area contributed by atoms with E-state index in [0.29, 0.717) is 11.4 Å². The fourth-order valence-corrected chi connectivity index (χ4v) is 2.84. The first-order valence-corrected chi connectivity index (χ1v) is 8.39. The zero-order valence-corrected chi connectivity index (χ0v) is 13.7. The first kappa shape index (κ1) is 16.1. The highest BCUT2D eigenvalue weighted by Crippen LogP contribution is 2.28. The van der Waals surface area contributed by atoms with Gasteiger partial charge in [0.2, 0.25) is 0 Å². The molecule has 2 heterocycles. The maximum atomic E-state index is 12.4. The maximum absolute atomic E-state index is 12.4. The molecule has 0 saturated heterocycles. The van der Waals surface area contributed by atoms with Crippen LogP contribution in [-0.2, 0) is 10.2 Å². The molecular formula is C15H14N4O4S. The number of benzene rings is 1. The summed E-state index contributed by atoms with van der Waals surface area (Å²) >= 11 is 0. The van der Waals surface area contributed by atoms with Crippen molar-refractivity contribution in [3.05, 3.63) is 53.9 Å². The Morgan fingerprint density at radius 3 is 2.29 bits per heavy atom. The Hall–Kier alpha value is -2.78. The Kier molecular flexibility index (Phi) is 3.82. The minimum absolute atomic E-state index is 0.111. The quantitative estimate of drug-likeness (QED) is 0.836. The van der Waals surface area contributed by atoms with Gasteiger partial charge in [0.05, 0.1) is 11.3 Å². The molecule has 0 saturated carbocycles. The third-order valence-corrected chi connectivity index (χ3v) is 4.96. The monoisotopic (exact) mass is 346 g/mol. The van der Waals surface area contributed by atoms with Crippen molar-refractivity contribution >= 4 is 33.4 Å². The van der Waals surface area contributed by atoms with Crippen molar-refractivity contribution in [3.63, 3.8) is 0 Å². The van der Waals surface area contributed by atoms with E-state index in [2.05, 4.69) is 9.71 Å². The first-order chi connectivity index (χ1) is 11.3. The van der Waals surface area contributed by atoms with Gasteiger partial charge in [-0.1, -0.05) is 0 Å². The number of nitrogens with zero attached hydrogens (tertiary/aromatic N) is 3. The fraction of sp³-hybridized carbons (Fsp3) is 0.133. The van der Waals surface area contributed by atoms with Crippen LogP contribution in [0.5, 0.6) is 0 Å². The lowest BCUT2D eigenvalue weighted by Crippen LogP contribution is -2.30.